The Balaban J connectivity index is 1.58. The van der Waals surface area contributed by atoms with Crippen LogP contribution in [0.15, 0.2) is 0 Å². The Morgan fingerprint density at radius 2 is 2.17 bits per heavy atom. The molecule has 2 rings (SSSR count). The van der Waals surface area contributed by atoms with Crippen LogP contribution in [0.4, 0.5) is 0 Å². The third-order valence-electron chi connectivity index (χ3n) is 4.44. The maximum atomic E-state index is 11.8. The van der Waals surface area contributed by atoms with Crippen LogP contribution < -0.4 is 10.6 Å². The highest BCUT2D eigenvalue weighted by Gasteiger charge is 2.41. The summed E-state index contributed by atoms with van der Waals surface area (Å²) in [5.74, 6) is 0.972. The fourth-order valence-electron chi connectivity index (χ4n) is 2.94. The summed E-state index contributed by atoms with van der Waals surface area (Å²) < 4.78 is 0. The van der Waals surface area contributed by atoms with Crippen molar-refractivity contribution in [1.82, 2.24) is 15.5 Å². The van der Waals surface area contributed by atoms with Crippen molar-refractivity contribution < 1.29 is 4.79 Å². The van der Waals surface area contributed by atoms with Gasteiger partial charge in [-0.15, -0.1) is 0 Å². The van der Waals surface area contributed by atoms with Gasteiger partial charge in [0, 0.05) is 31.5 Å². The van der Waals surface area contributed by atoms with Crippen molar-refractivity contribution in [3.05, 3.63) is 0 Å². The average Bonchev–Trinajstić information content (AvgIpc) is 2.99. The van der Waals surface area contributed by atoms with Gasteiger partial charge in [0.15, 0.2) is 0 Å². The topological polar surface area (TPSA) is 44.4 Å². The van der Waals surface area contributed by atoms with Gasteiger partial charge < -0.3 is 15.5 Å². The molecule has 1 saturated heterocycles. The SMILES string of the molecule is CNCC1(CNC(=O)CCC2CCN(C)C2)CC1. The van der Waals surface area contributed by atoms with E-state index < -0.39 is 0 Å². The smallest absolute Gasteiger partial charge is 0.220 e. The standard InChI is InChI=1S/C14H27N3O/c1-15-10-14(6-7-14)11-16-13(18)4-3-12-5-8-17(2)9-12/h12,15H,3-11H2,1-2H3,(H,16,18). The lowest BCUT2D eigenvalue weighted by Crippen LogP contribution is -2.35. The number of hydrogen-bond donors (Lipinski definition) is 2. The third kappa shape index (κ3) is 3.95. The van der Waals surface area contributed by atoms with Gasteiger partial charge in [-0.2, -0.15) is 0 Å². The van der Waals surface area contributed by atoms with Gasteiger partial charge in [-0.05, 0) is 52.2 Å². The minimum Gasteiger partial charge on any atom is -0.355 e. The molecule has 1 saturated carbocycles. The van der Waals surface area contributed by atoms with E-state index in [9.17, 15) is 4.79 Å². The molecule has 2 N–H and O–H groups in total. The summed E-state index contributed by atoms with van der Waals surface area (Å²) in [4.78, 5) is 14.2. The van der Waals surface area contributed by atoms with Crippen molar-refractivity contribution in [2.24, 2.45) is 11.3 Å². The quantitative estimate of drug-likeness (QED) is 0.706. The van der Waals surface area contributed by atoms with Crippen LogP contribution in [0, 0.1) is 11.3 Å². The minimum absolute atomic E-state index is 0.243. The van der Waals surface area contributed by atoms with Crippen molar-refractivity contribution in [2.45, 2.75) is 32.1 Å². The fraction of sp³-hybridized carbons (Fsp3) is 0.929. The van der Waals surface area contributed by atoms with Crippen molar-refractivity contribution in [3.63, 3.8) is 0 Å². The summed E-state index contributed by atoms with van der Waals surface area (Å²) >= 11 is 0. The molecule has 4 heteroatoms. The number of amides is 1. The molecule has 4 nitrogen and oxygen atoms in total. The van der Waals surface area contributed by atoms with Gasteiger partial charge >= 0.3 is 0 Å². The van der Waals surface area contributed by atoms with E-state index in [0.29, 0.717) is 11.8 Å². The summed E-state index contributed by atoms with van der Waals surface area (Å²) in [6, 6.07) is 0. The maximum Gasteiger partial charge on any atom is 0.220 e. The van der Waals surface area contributed by atoms with E-state index in [0.717, 1.165) is 32.0 Å². The van der Waals surface area contributed by atoms with E-state index >= 15 is 0 Å². The van der Waals surface area contributed by atoms with Crippen LogP contribution in [0.25, 0.3) is 0 Å². The summed E-state index contributed by atoms with van der Waals surface area (Å²) in [5, 5.41) is 6.33. The molecule has 0 aromatic heterocycles. The first-order chi connectivity index (χ1) is 8.63. The Bertz CT molecular complexity index is 289. The predicted molar refractivity (Wildman–Crippen MR) is 73.4 cm³/mol. The van der Waals surface area contributed by atoms with Crippen molar-refractivity contribution in [2.75, 3.05) is 40.3 Å². The van der Waals surface area contributed by atoms with Crippen LogP contribution in [0.2, 0.25) is 0 Å². The number of hydrogen-bond acceptors (Lipinski definition) is 3. The lowest BCUT2D eigenvalue weighted by molar-refractivity contribution is -0.121. The first-order valence-corrected chi connectivity index (χ1v) is 7.23. The first-order valence-electron chi connectivity index (χ1n) is 7.23. The van der Waals surface area contributed by atoms with Gasteiger partial charge in [0.25, 0.3) is 0 Å². The Labute approximate surface area is 110 Å². The fourth-order valence-corrected chi connectivity index (χ4v) is 2.94. The van der Waals surface area contributed by atoms with Crippen LogP contribution in [0.1, 0.15) is 32.1 Å². The van der Waals surface area contributed by atoms with Crippen molar-refractivity contribution >= 4 is 5.91 Å². The van der Waals surface area contributed by atoms with Gasteiger partial charge in [0.05, 0.1) is 0 Å². The Kier molecular flexibility index (Phi) is 4.62. The Morgan fingerprint density at radius 3 is 2.72 bits per heavy atom. The lowest BCUT2D eigenvalue weighted by Gasteiger charge is -2.16. The molecule has 0 bridgehead atoms. The van der Waals surface area contributed by atoms with Gasteiger partial charge in [-0.1, -0.05) is 0 Å². The highest BCUT2D eigenvalue weighted by Crippen LogP contribution is 2.44. The van der Waals surface area contributed by atoms with Gasteiger partial charge in [0.2, 0.25) is 5.91 Å². The molecule has 1 aliphatic heterocycles. The Hall–Kier alpha value is -0.610. The number of carbonyl (C=O) groups excluding carboxylic acids is 1. The van der Waals surface area contributed by atoms with Crippen LogP contribution in [0.3, 0.4) is 0 Å². The van der Waals surface area contributed by atoms with Crippen molar-refractivity contribution in [1.29, 1.82) is 0 Å². The summed E-state index contributed by atoms with van der Waals surface area (Å²) in [6.45, 7) is 4.24. The molecular formula is C14H27N3O. The van der Waals surface area contributed by atoms with Crippen LogP contribution in [0.5, 0.6) is 0 Å². The van der Waals surface area contributed by atoms with E-state index in [-0.39, 0.29) is 5.91 Å². The molecular weight excluding hydrogens is 226 g/mol. The second-order valence-electron chi connectivity index (χ2n) is 6.26. The monoisotopic (exact) mass is 253 g/mol. The van der Waals surface area contributed by atoms with Crippen LogP contribution in [-0.4, -0.2) is 51.1 Å². The van der Waals surface area contributed by atoms with E-state index in [1.54, 1.807) is 0 Å². The van der Waals surface area contributed by atoms with Gasteiger partial charge in [-0.3, -0.25) is 4.79 Å². The number of rotatable bonds is 7. The number of carbonyl (C=O) groups is 1. The predicted octanol–water partition coefficient (Wildman–Crippen LogP) is 0.834. The van der Waals surface area contributed by atoms with Gasteiger partial charge in [-0.25, -0.2) is 0 Å². The highest BCUT2D eigenvalue weighted by atomic mass is 16.1. The van der Waals surface area contributed by atoms with E-state index in [1.807, 2.05) is 7.05 Å². The molecule has 0 spiro atoms. The second-order valence-corrected chi connectivity index (χ2v) is 6.26. The molecule has 0 aromatic carbocycles. The van der Waals surface area contributed by atoms with Gasteiger partial charge in [0.1, 0.15) is 0 Å². The molecule has 1 amide bonds. The van der Waals surface area contributed by atoms with E-state index in [2.05, 4.69) is 22.6 Å². The molecule has 1 unspecified atom stereocenters. The van der Waals surface area contributed by atoms with E-state index in [4.69, 9.17) is 0 Å². The third-order valence-corrected chi connectivity index (χ3v) is 4.44. The number of nitrogens with zero attached hydrogens (tertiary/aromatic N) is 1. The van der Waals surface area contributed by atoms with Crippen molar-refractivity contribution in [3.8, 4) is 0 Å². The zero-order valence-corrected chi connectivity index (χ0v) is 11.8. The summed E-state index contributed by atoms with van der Waals surface area (Å²) in [7, 11) is 4.15. The highest BCUT2D eigenvalue weighted by molar-refractivity contribution is 5.75. The zero-order valence-electron chi connectivity index (χ0n) is 11.8. The average molecular weight is 253 g/mol. The molecule has 1 heterocycles. The molecule has 2 fully saturated rings. The molecule has 1 atom stereocenters. The molecule has 1 aliphatic carbocycles. The Morgan fingerprint density at radius 1 is 1.39 bits per heavy atom. The summed E-state index contributed by atoms with van der Waals surface area (Å²) in [5.41, 5.74) is 0.373. The van der Waals surface area contributed by atoms with Crippen LogP contribution >= 0.6 is 0 Å². The minimum atomic E-state index is 0.243. The largest absolute Gasteiger partial charge is 0.355 e. The number of likely N-dealkylation sites (tertiary alicyclic amines) is 1. The first kappa shape index (κ1) is 13.8. The maximum absolute atomic E-state index is 11.8. The number of nitrogens with one attached hydrogen (secondary N) is 2. The lowest BCUT2D eigenvalue weighted by atomic mass is 10.0. The second kappa shape index (κ2) is 6.02. The zero-order chi connectivity index (χ0) is 13.0. The molecule has 104 valence electrons. The molecule has 2 aliphatic rings. The molecule has 0 radical (unpaired) electrons. The molecule has 0 aromatic rings. The summed E-state index contributed by atoms with van der Waals surface area (Å²) in [6.07, 6.45) is 5.51. The normalized spacial score (nSPS) is 26.2. The van der Waals surface area contributed by atoms with Crippen LogP contribution in [-0.2, 0) is 4.79 Å². The van der Waals surface area contributed by atoms with E-state index in [1.165, 1.54) is 25.8 Å². The molecule has 18 heavy (non-hydrogen) atoms.